The first-order valence-electron chi connectivity index (χ1n) is 9.07. The van der Waals surface area contributed by atoms with E-state index in [2.05, 4.69) is 48.5 Å². The molecule has 112 valence electrons. The average Bonchev–Trinajstić information content (AvgIpc) is 3.25. The highest BCUT2D eigenvalue weighted by molar-refractivity contribution is 7.03. The van der Waals surface area contributed by atoms with Gasteiger partial charge in [0.05, 0.1) is 0 Å². The van der Waals surface area contributed by atoms with Gasteiger partial charge in [0.25, 0.3) is 0 Å². The minimum Gasteiger partial charge on any atom is -0.0623 e. The largest absolute Gasteiger partial charge is 0.118 e. The lowest BCUT2D eigenvalue weighted by Gasteiger charge is -2.46. The molecule has 22 heavy (non-hydrogen) atoms. The highest BCUT2D eigenvalue weighted by Crippen LogP contribution is 2.50. The van der Waals surface area contributed by atoms with E-state index in [9.17, 15) is 0 Å². The van der Waals surface area contributed by atoms with E-state index in [0.717, 1.165) is 0 Å². The second kappa shape index (κ2) is 4.58. The normalized spacial score (nSPS) is 23.6. The third kappa shape index (κ3) is 1.48. The lowest BCUT2D eigenvalue weighted by Crippen LogP contribution is -2.64. The first-order chi connectivity index (χ1) is 10.9. The second-order valence-corrected chi connectivity index (χ2v) is 11.9. The number of rotatable bonds is 0. The first-order valence-corrected chi connectivity index (χ1v) is 11.5. The molecule has 2 aromatic rings. The maximum atomic E-state index is 2.52. The second-order valence-electron chi connectivity index (χ2n) is 7.67. The fourth-order valence-electron chi connectivity index (χ4n) is 5.96. The summed E-state index contributed by atoms with van der Waals surface area (Å²) < 4.78 is 0. The van der Waals surface area contributed by atoms with E-state index in [1.54, 1.807) is 11.1 Å². The average molecular weight is 305 g/mol. The molecule has 0 nitrogen and oxygen atoms in total. The molecule has 0 bridgehead atoms. The third-order valence-corrected chi connectivity index (χ3v) is 12.2. The number of fused-ring (bicyclic) bond motifs is 6. The minimum atomic E-state index is -1.45. The Hall–Kier alpha value is -1.34. The van der Waals surface area contributed by atoms with E-state index in [1.807, 2.05) is 10.4 Å². The smallest absolute Gasteiger partial charge is 0.0623 e. The van der Waals surface area contributed by atoms with E-state index < -0.39 is 8.07 Å². The molecule has 0 unspecified atom stereocenters. The van der Waals surface area contributed by atoms with Crippen LogP contribution in [0.15, 0.2) is 48.5 Å². The van der Waals surface area contributed by atoms with Gasteiger partial charge < -0.3 is 0 Å². The van der Waals surface area contributed by atoms with E-state index >= 15 is 0 Å². The van der Waals surface area contributed by atoms with Crippen molar-refractivity contribution in [2.24, 2.45) is 0 Å². The summed E-state index contributed by atoms with van der Waals surface area (Å²) in [7, 11) is -1.45. The monoisotopic (exact) mass is 304 g/mol. The molecule has 2 aliphatic heterocycles. The van der Waals surface area contributed by atoms with Gasteiger partial charge in [-0.1, -0.05) is 84.6 Å². The summed E-state index contributed by atoms with van der Waals surface area (Å²) in [5, 5.41) is 3.63. The lowest BCUT2D eigenvalue weighted by molar-refractivity contribution is 0.538. The summed E-state index contributed by atoms with van der Waals surface area (Å²) in [4.78, 5) is 0. The Labute approximate surface area is 134 Å². The first kappa shape index (κ1) is 13.1. The molecule has 1 heteroatoms. The zero-order valence-corrected chi connectivity index (χ0v) is 14.3. The van der Waals surface area contributed by atoms with Crippen LogP contribution in [0, 0.1) is 0 Å². The molecule has 0 radical (unpaired) electrons. The molecule has 1 aliphatic carbocycles. The Morgan fingerprint density at radius 3 is 1.68 bits per heavy atom. The van der Waals surface area contributed by atoms with Crippen LogP contribution < -0.4 is 10.4 Å². The van der Waals surface area contributed by atoms with Crippen molar-refractivity contribution in [1.29, 1.82) is 0 Å². The number of benzene rings is 2. The van der Waals surface area contributed by atoms with Gasteiger partial charge in [-0.05, 0) is 36.1 Å². The Balaban J connectivity index is 1.87. The minimum absolute atomic E-state index is 0.355. The molecule has 2 aromatic carbocycles. The van der Waals surface area contributed by atoms with Gasteiger partial charge >= 0.3 is 0 Å². The fourth-order valence-corrected chi connectivity index (χ4v) is 11.8. The van der Waals surface area contributed by atoms with Crippen LogP contribution in [0.5, 0.6) is 0 Å². The van der Waals surface area contributed by atoms with Crippen LogP contribution in [0.1, 0.15) is 49.7 Å². The predicted molar refractivity (Wildman–Crippen MR) is 96.0 cm³/mol. The van der Waals surface area contributed by atoms with Gasteiger partial charge in [0.1, 0.15) is 8.07 Å². The zero-order valence-electron chi connectivity index (χ0n) is 13.3. The molecular formula is C21H24Si. The van der Waals surface area contributed by atoms with Crippen molar-refractivity contribution < 1.29 is 0 Å². The van der Waals surface area contributed by atoms with Crippen molar-refractivity contribution in [3.63, 3.8) is 0 Å². The molecular weight excluding hydrogens is 280 g/mol. The van der Waals surface area contributed by atoms with Gasteiger partial charge in [0.15, 0.2) is 0 Å². The Morgan fingerprint density at radius 2 is 1.14 bits per heavy atom. The molecule has 0 amide bonds. The van der Waals surface area contributed by atoms with Crippen molar-refractivity contribution in [2.75, 3.05) is 0 Å². The van der Waals surface area contributed by atoms with Crippen LogP contribution in [0.25, 0.3) is 0 Å². The third-order valence-electron chi connectivity index (χ3n) is 6.83. The number of hydrogen-bond acceptors (Lipinski definition) is 0. The molecule has 0 N–H and O–H groups in total. The molecule has 0 atom stereocenters. The van der Waals surface area contributed by atoms with E-state index in [4.69, 9.17) is 0 Å². The number of hydrogen-bond donors (Lipinski definition) is 0. The summed E-state index contributed by atoms with van der Waals surface area (Å²) in [5.41, 5.74) is 3.83. The molecule has 0 aromatic heterocycles. The Morgan fingerprint density at radius 1 is 0.636 bits per heavy atom. The van der Waals surface area contributed by atoms with E-state index in [1.165, 1.54) is 50.6 Å². The topological polar surface area (TPSA) is 0 Å². The van der Waals surface area contributed by atoms with Crippen LogP contribution in [-0.4, -0.2) is 8.07 Å². The van der Waals surface area contributed by atoms with Crippen LogP contribution >= 0.6 is 0 Å². The van der Waals surface area contributed by atoms with Gasteiger partial charge in [-0.3, -0.25) is 0 Å². The quantitative estimate of drug-likeness (QED) is 0.639. The molecule has 2 heterocycles. The molecule has 5 rings (SSSR count). The highest BCUT2D eigenvalue weighted by atomic mass is 28.3. The fraction of sp³-hybridized carbons (Fsp3) is 0.429. The lowest BCUT2D eigenvalue weighted by atomic mass is 9.72. The summed E-state index contributed by atoms with van der Waals surface area (Å²) >= 11 is 0. The Bertz CT molecular complexity index is 605. The molecule has 1 saturated carbocycles. The van der Waals surface area contributed by atoms with Crippen LogP contribution in [-0.2, 0) is 5.41 Å². The van der Waals surface area contributed by atoms with Gasteiger partial charge in [-0.25, -0.2) is 0 Å². The van der Waals surface area contributed by atoms with Gasteiger partial charge in [-0.15, -0.1) is 0 Å². The summed E-state index contributed by atoms with van der Waals surface area (Å²) in [6, 6.07) is 22.2. The zero-order chi connectivity index (χ0) is 14.6. The standard InChI is InChI=1S/C21H24Si/c1-3-11-19-17(9-1)21(13-5-6-14-21)18-10-2-4-12-20(18)22(19)15-7-8-16-22/h1-4,9-12H,5-8,13-16H2. The van der Waals surface area contributed by atoms with Crippen molar-refractivity contribution in [3.05, 3.63) is 59.7 Å². The van der Waals surface area contributed by atoms with Gasteiger partial charge in [-0.2, -0.15) is 0 Å². The maximum absolute atomic E-state index is 2.52. The maximum Gasteiger partial charge on any atom is 0.118 e. The van der Waals surface area contributed by atoms with Gasteiger partial charge in [0.2, 0.25) is 0 Å². The highest BCUT2D eigenvalue weighted by Gasteiger charge is 2.52. The molecule has 3 aliphatic rings. The SMILES string of the molecule is c1ccc2c(c1)C1(CCCC1)c1ccccc1[Si]21CCCC1. The summed E-state index contributed by atoms with van der Waals surface area (Å²) in [6.07, 6.45) is 8.43. The van der Waals surface area contributed by atoms with E-state index in [-0.39, 0.29) is 0 Å². The molecule has 2 spiro atoms. The molecule has 2 fully saturated rings. The van der Waals surface area contributed by atoms with Crippen molar-refractivity contribution in [3.8, 4) is 0 Å². The van der Waals surface area contributed by atoms with Crippen LogP contribution in [0.4, 0.5) is 0 Å². The van der Waals surface area contributed by atoms with Crippen molar-refractivity contribution in [2.45, 2.75) is 56.0 Å². The Kier molecular flexibility index (Phi) is 2.73. The summed E-state index contributed by atoms with van der Waals surface area (Å²) in [5.74, 6) is 0. The van der Waals surface area contributed by atoms with Crippen molar-refractivity contribution in [1.82, 2.24) is 0 Å². The summed E-state index contributed by atoms with van der Waals surface area (Å²) in [6.45, 7) is 0. The molecule has 1 saturated heterocycles. The van der Waals surface area contributed by atoms with E-state index in [0.29, 0.717) is 5.41 Å². The van der Waals surface area contributed by atoms with Crippen LogP contribution in [0.2, 0.25) is 12.1 Å². The van der Waals surface area contributed by atoms with Gasteiger partial charge in [0, 0.05) is 5.41 Å². The van der Waals surface area contributed by atoms with Crippen LogP contribution in [0.3, 0.4) is 0 Å². The van der Waals surface area contributed by atoms with Crippen molar-refractivity contribution >= 4 is 18.4 Å². The predicted octanol–water partition coefficient (Wildman–Crippen LogP) is 4.22.